The zero-order chi connectivity index (χ0) is 8.97. The van der Waals surface area contributed by atoms with Gasteiger partial charge in [-0.3, -0.25) is 0 Å². The summed E-state index contributed by atoms with van der Waals surface area (Å²) in [7, 11) is 1.34. The number of carbonyl (C=O) groups excluding carboxylic acids is 1. The highest BCUT2D eigenvalue weighted by molar-refractivity contribution is 7.14. The van der Waals surface area contributed by atoms with Gasteiger partial charge in [0.2, 0.25) is 0 Å². The Bertz CT molecular complexity index is 304. The molecule has 0 atom stereocenters. The number of rotatable bonds is 2. The van der Waals surface area contributed by atoms with Crippen molar-refractivity contribution in [1.82, 2.24) is 0 Å². The van der Waals surface area contributed by atoms with Crippen LogP contribution in [0.4, 0.5) is 0 Å². The van der Waals surface area contributed by atoms with E-state index in [4.69, 9.17) is 11.6 Å². The Hall–Kier alpha value is -0.800. The lowest BCUT2D eigenvalue weighted by atomic mass is 10.3. The number of esters is 1. The summed E-state index contributed by atoms with van der Waals surface area (Å²) in [5, 5.41) is 1.86. The van der Waals surface area contributed by atoms with E-state index in [1.165, 1.54) is 24.5 Å². The van der Waals surface area contributed by atoms with Crippen molar-refractivity contribution in [3.05, 3.63) is 27.4 Å². The molecule has 0 amide bonds. The quantitative estimate of drug-likeness (QED) is 0.544. The second-order valence-corrected chi connectivity index (χ2v) is 3.52. The number of hydrogen-bond acceptors (Lipinski definition) is 3. The van der Waals surface area contributed by atoms with Crippen LogP contribution in [0, 0.1) is 0 Å². The molecule has 0 N–H and O–H groups in total. The predicted molar refractivity (Wildman–Crippen MR) is 50.4 cm³/mol. The van der Waals surface area contributed by atoms with Crippen LogP contribution in [0.2, 0.25) is 4.34 Å². The molecule has 0 aliphatic carbocycles. The molecular weight excluding hydrogens is 196 g/mol. The number of carbonyl (C=O) groups is 1. The molecule has 12 heavy (non-hydrogen) atoms. The van der Waals surface area contributed by atoms with E-state index in [-0.39, 0.29) is 5.97 Å². The lowest BCUT2D eigenvalue weighted by Gasteiger charge is -1.89. The average Bonchev–Trinajstić information content (AvgIpc) is 2.47. The van der Waals surface area contributed by atoms with Crippen molar-refractivity contribution in [2.45, 2.75) is 0 Å². The monoisotopic (exact) mass is 202 g/mol. The van der Waals surface area contributed by atoms with Crippen LogP contribution in [0.1, 0.15) is 5.56 Å². The van der Waals surface area contributed by atoms with E-state index in [0.29, 0.717) is 4.34 Å². The zero-order valence-electron chi connectivity index (χ0n) is 6.41. The van der Waals surface area contributed by atoms with Crippen LogP contribution in [0.25, 0.3) is 6.08 Å². The van der Waals surface area contributed by atoms with Gasteiger partial charge in [0, 0.05) is 11.6 Å². The summed E-state index contributed by atoms with van der Waals surface area (Å²) in [4.78, 5) is 10.7. The van der Waals surface area contributed by atoms with E-state index in [2.05, 4.69) is 4.74 Å². The Balaban J connectivity index is 2.69. The minimum atomic E-state index is -0.378. The van der Waals surface area contributed by atoms with Crippen molar-refractivity contribution in [3.8, 4) is 0 Å². The maximum atomic E-state index is 10.7. The van der Waals surface area contributed by atoms with Crippen molar-refractivity contribution < 1.29 is 9.53 Å². The molecule has 0 saturated carbocycles. The number of hydrogen-bond donors (Lipinski definition) is 0. The highest BCUT2D eigenvalue weighted by Gasteiger charge is 1.97. The highest BCUT2D eigenvalue weighted by Crippen LogP contribution is 2.23. The first-order valence-electron chi connectivity index (χ1n) is 3.23. The summed E-state index contributed by atoms with van der Waals surface area (Å²) in [6, 6.07) is 1.84. The highest BCUT2D eigenvalue weighted by atomic mass is 35.5. The SMILES string of the molecule is COC(=O)C=Cc1ccsc1Cl. The standard InChI is InChI=1S/C8H7ClO2S/c1-11-7(10)3-2-6-4-5-12-8(6)9/h2-5H,1H3. The van der Waals surface area contributed by atoms with Gasteiger partial charge in [-0.1, -0.05) is 11.6 Å². The van der Waals surface area contributed by atoms with E-state index in [0.717, 1.165) is 5.56 Å². The molecule has 0 aromatic carbocycles. The largest absolute Gasteiger partial charge is 0.466 e. The topological polar surface area (TPSA) is 26.3 Å². The first-order valence-corrected chi connectivity index (χ1v) is 4.49. The van der Waals surface area contributed by atoms with Crippen molar-refractivity contribution in [2.24, 2.45) is 0 Å². The van der Waals surface area contributed by atoms with Crippen LogP contribution >= 0.6 is 22.9 Å². The summed E-state index contributed by atoms with van der Waals surface area (Å²) in [5.74, 6) is -0.378. The minimum absolute atomic E-state index is 0.378. The minimum Gasteiger partial charge on any atom is -0.466 e. The average molecular weight is 203 g/mol. The molecular formula is C8H7ClO2S. The van der Waals surface area contributed by atoms with E-state index in [1.54, 1.807) is 6.08 Å². The second kappa shape index (κ2) is 4.28. The predicted octanol–water partition coefficient (Wildman–Crippen LogP) is 2.59. The number of thiophene rings is 1. The van der Waals surface area contributed by atoms with Gasteiger partial charge in [-0.15, -0.1) is 11.3 Å². The molecule has 1 aromatic heterocycles. The molecule has 0 spiro atoms. The van der Waals surface area contributed by atoms with E-state index in [9.17, 15) is 4.79 Å². The fourth-order valence-corrected chi connectivity index (χ4v) is 1.53. The van der Waals surface area contributed by atoms with E-state index >= 15 is 0 Å². The normalized spacial score (nSPS) is 10.5. The Morgan fingerprint density at radius 3 is 3.00 bits per heavy atom. The van der Waals surface area contributed by atoms with Gasteiger partial charge >= 0.3 is 5.97 Å². The molecule has 0 bridgehead atoms. The van der Waals surface area contributed by atoms with Gasteiger partial charge in [0.25, 0.3) is 0 Å². The maximum absolute atomic E-state index is 10.7. The fraction of sp³-hybridized carbons (Fsp3) is 0.125. The lowest BCUT2D eigenvalue weighted by molar-refractivity contribution is -0.134. The van der Waals surface area contributed by atoms with Crippen molar-refractivity contribution in [1.29, 1.82) is 0 Å². The molecule has 1 rings (SSSR count). The summed E-state index contributed by atoms with van der Waals surface area (Å²) < 4.78 is 5.10. The number of methoxy groups -OCH3 is 1. The molecule has 0 aliphatic rings. The van der Waals surface area contributed by atoms with Crippen LogP contribution < -0.4 is 0 Å². The lowest BCUT2D eigenvalue weighted by Crippen LogP contribution is -1.92. The molecule has 2 nitrogen and oxygen atoms in total. The van der Waals surface area contributed by atoms with E-state index in [1.807, 2.05) is 11.4 Å². The van der Waals surface area contributed by atoms with Crippen LogP contribution in [-0.2, 0) is 9.53 Å². The van der Waals surface area contributed by atoms with Gasteiger partial charge in [-0.2, -0.15) is 0 Å². The van der Waals surface area contributed by atoms with Crippen LogP contribution in [0.3, 0.4) is 0 Å². The molecule has 0 unspecified atom stereocenters. The van der Waals surface area contributed by atoms with Crippen LogP contribution in [0.15, 0.2) is 17.5 Å². The fourth-order valence-electron chi connectivity index (χ4n) is 0.648. The van der Waals surface area contributed by atoms with Gasteiger partial charge in [-0.05, 0) is 17.5 Å². The van der Waals surface area contributed by atoms with Crippen molar-refractivity contribution >= 4 is 35.0 Å². The molecule has 64 valence electrons. The Kier molecular flexibility index (Phi) is 3.31. The van der Waals surface area contributed by atoms with Gasteiger partial charge in [0.1, 0.15) is 4.34 Å². The molecule has 1 aromatic rings. The third-order valence-corrected chi connectivity index (χ3v) is 2.45. The van der Waals surface area contributed by atoms with Crippen LogP contribution in [0.5, 0.6) is 0 Å². The first kappa shape index (κ1) is 9.29. The van der Waals surface area contributed by atoms with Crippen molar-refractivity contribution in [2.75, 3.05) is 7.11 Å². The Morgan fingerprint density at radius 1 is 1.75 bits per heavy atom. The van der Waals surface area contributed by atoms with Gasteiger partial charge in [0.15, 0.2) is 0 Å². The van der Waals surface area contributed by atoms with Gasteiger partial charge in [0.05, 0.1) is 7.11 Å². The second-order valence-electron chi connectivity index (χ2n) is 2.01. The zero-order valence-corrected chi connectivity index (χ0v) is 7.98. The summed E-state index contributed by atoms with van der Waals surface area (Å²) in [5.41, 5.74) is 0.840. The molecule has 4 heteroatoms. The first-order chi connectivity index (χ1) is 5.74. The smallest absolute Gasteiger partial charge is 0.330 e. The summed E-state index contributed by atoms with van der Waals surface area (Å²) in [6.07, 6.45) is 2.97. The summed E-state index contributed by atoms with van der Waals surface area (Å²) >= 11 is 7.21. The van der Waals surface area contributed by atoms with E-state index < -0.39 is 0 Å². The Labute approximate surface area is 79.4 Å². The number of halogens is 1. The number of ether oxygens (including phenoxy) is 1. The summed E-state index contributed by atoms with van der Waals surface area (Å²) in [6.45, 7) is 0. The molecule has 0 aliphatic heterocycles. The molecule has 0 saturated heterocycles. The van der Waals surface area contributed by atoms with Gasteiger partial charge < -0.3 is 4.74 Å². The third kappa shape index (κ3) is 2.36. The van der Waals surface area contributed by atoms with Gasteiger partial charge in [-0.25, -0.2) is 4.79 Å². The van der Waals surface area contributed by atoms with Crippen LogP contribution in [-0.4, -0.2) is 13.1 Å². The van der Waals surface area contributed by atoms with Crippen molar-refractivity contribution in [3.63, 3.8) is 0 Å². The maximum Gasteiger partial charge on any atom is 0.330 e. The third-order valence-electron chi connectivity index (χ3n) is 1.25. The molecule has 0 radical (unpaired) electrons. The molecule has 1 heterocycles. The molecule has 0 fully saturated rings. The Morgan fingerprint density at radius 2 is 2.50 bits per heavy atom.